The van der Waals surface area contributed by atoms with E-state index >= 15 is 0 Å². The predicted octanol–water partition coefficient (Wildman–Crippen LogP) is 1.33. The van der Waals surface area contributed by atoms with Gasteiger partial charge in [0.2, 0.25) is 0 Å². The number of nitrogens with one attached hydrogen (secondary N) is 1. The van der Waals surface area contributed by atoms with Gasteiger partial charge in [-0.15, -0.1) is 0 Å². The lowest BCUT2D eigenvalue weighted by molar-refractivity contribution is 0.132. The fourth-order valence-electron chi connectivity index (χ4n) is 6.49. The fraction of sp³-hybridized carbons (Fsp3) is 0.833. The van der Waals surface area contributed by atoms with E-state index in [-0.39, 0.29) is 0 Å². The van der Waals surface area contributed by atoms with Crippen molar-refractivity contribution in [1.82, 2.24) is 5.43 Å². The van der Waals surface area contributed by atoms with Crippen LogP contribution in [0, 0.1) is 47.3 Å². The average Bonchev–Trinajstić information content (AvgIpc) is 2.97. The number of rotatable bonds is 1. The van der Waals surface area contributed by atoms with Crippen LogP contribution in [0.15, 0.2) is 5.10 Å². The Hall–Kier alpha value is -0.160. The van der Waals surface area contributed by atoms with E-state index in [0.717, 1.165) is 52.2 Å². The molecule has 0 aromatic carbocycles. The van der Waals surface area contributed by atoms with E-state index in [2.05, 4.69) is 26.5 Å². The maximum Gasteiger partial charge on any atom is 0.184 e. The van der Waals surface area contributed by atoms with Gasteiger partial charge in [0, 0.05) is 22.4 Å². The van der Waals surface area contributed by atoms with E-state index in [0.29, 0.717) is 5.11 Å². The molecule has 6 bridgehead atoms. The van der Waals surface area contributed by atoms with Gasteiger partial charge in [0.15, 0.2) is 5.11 Å². The number of nitrogens with two attached hydrogens (primary N) is 1. The number of hydrogen-bond acceptors (Lipinski definition) is 2. The second-order valence-corrected chi connectivity index (χ2v) is 7.88. The Morgan fingerprint density at radius 1 is 1.24 bits per heavy atom. The van der Waals surface area contributed by atoms with Crippen LogP contribution in [-0.2, 0) is 0 Å². The van der Waals surface area contributed by atoms with Crippen molar-refractivity contribution in [2.24, 2.45) is 58.2 Å². The van der Waals surface area contributed by atoms with Gasteiger partial charge in [0.05, 0.1) is 0 Å². The van der Waals surface area contributed by atoms with Gasteiger partial charge in [-0.05, 0) is 54.1 Å². The molecule has 0 spiro atoms. The molecule has 0 aromatic rings. The van der Waals surface area contributed by atoms with E-state index in [4.69, 9.17) is 18.0 Å². The number of alkyl halides is 1. The van der Waals surface area contributed by atoms with Crippen molar-refractivity contribution >= 4 is 39.0 Å². The molecule has 3 N–H and O–H groups in total. The molecule has 0 saturated heterocycles. The van der Waals surface area contributed by atoms with Crippen molar-refractivity contribution in [3.05, 3.63) is 0 Å². The molecular formula is C12H14BrN3S. The van der Waals surface area contributed by atoms with E-state index in [1.807, 2.05) is 0 Å². The Bertz CT molecular complexity index is 476. The standard InChI is InChI=1S/C12H14BrN3S/c13-10-6-2-1-3-4(6)9-8(10)5(2)7(3)11(9)15-16-12(14)17/h2-10H,1H2,(H3,14,16,17). The summed E-state index contributed by atoms with van der Waals surface area (Å²) >= 11 is 8.82. The highest BCUT2D eigenvalue weighted by molar-refractivity contribution is 9.09. The molecule has 6 fully saturated rings. The van der Waals surface area contributed by atoms with Crippen LogP contribution < -0.4 is 11.2 Å². The molecule has 0 aliphatic heterocycles. The first kappa shape index (κ1) is 9.73. The summed E-state index contributed by atoms with van der Waals surface area (Å²) in [6.45, 7) is 0. The molecular weight excluding hydrogens is 298 g/mol. The molecule has 0 heterocycles. The minimum absolute atomic E-state index is 0.297. The zero-order valence-corrected chi connectivity index (χ0v) is 11.6. The van der Waals surface area contributed by atoms with Crippen LogP contribution in [-0.4, -0.2) is 15.7 Å². The summed E-state index contributed by atoms with van der Waals surface area (Å²) in [7, 11) is 0. The van der Waals surface area contributed by atoms with Crippen LogP contribution in [0.2, 0.25) is 0 Å². The van der Waals surface area contributed by atoms with Crippen molar-refractivity contribution in [3.63, 3.8) is 0 Å². The average molecular weight is 312 g/mol. The van der Waals surface area contributed by atoms with Gasteiger partial charge in [-0.25, -0.2) is 0 Å². The third-order valence-corrected chi connectivity index (χ3v) is 7.65. The second kappa shape index (κ2) is 2.72. The van der Waals surface area contributed by atoms with Gasteiger partial charge in [-0.1, -0.05) is 15.9 Å². The van der Waals surface area contributed by atoms with Crippen molar-refractivity contribution < 1.29 is 0 Å². The van der Waals surface area contributed by atoms with Gasteiger partial charge in [0.25, 0.3) is 0 Å². The second-order valence-electron chi connectivity index (χ2n) is 6.38. The fourth-order valence-corrected chi connectivity index (χ4v) is 7.97. The molecule has 0 aromatic heterocycles. The van der Waals surface area contributed by atoms with E-state index in [1.54, 1.807) is 0 Å². The number of nitrogens with zero attached hydrogens (tertiary/aromatic N) is 1. The maximum absolute atomic E-state index is 5.49. The normalized spacial score (nSPS) is 65.7. The molecule has 9 unspecified atom stereocenters. The van der Waals surface area contributed by atoms with Crippen molar-refractivity contribution in [1.29, 1.82) is 0 Å². The van der Waals surface area contributed by atoms with Gasteiger partial charge in [0.1, 0.15) is 0 Å². The monoisotopic (exact) mass is 311 g/mol. The lowest BCUT2D eigenvalue weighted by Gasteiger charge is -2.32. The minimum Gasteiger partial charge on any atom is -0.375 e. The zero-order chi connectivity index (χ0) is 11.5. The van der Waals surface area contributed by atoms with Crippen LogP contribution in [0.3, 0.4) is 0 Å². The van der Waals surface area contributed by atoms with Gasteiger partial charge in [-0.2, -0.15) is 5.10 Å². The summed E-state index contributed by atoms with van der Waals surface area (Å²) in [6.07, 6.45) is 1.46. The van der Waals surface area contributed by atoms with E-state index in [1.165, 1.54) is 12.1 Å². The lowest BCUT2D eigenvalue weighted by atomic mass is 9.71. The van der Waals surface area contributed by atoms with Gasteiger partial charge < -0.3 is 5.73 Å². The summed E-state index contributed by atoms with van der Waals surface area (Å²) in [5, 5.41) is 4.85. The summed E-state index contributed by atoms with van der Waals surface area (Å²) in [5.74, 6) is 7.11. The summed E-state index contributed by atoms with van der Waals surface area (Å²) < 4.78 is 0. The number of hydrazone groups is 1. The quantitative estimate of drug-likeness (QED) is 0.436. The van der Waals surface area contributed by atoms with Crippen LogP contribution in [0.5, 0.6) is 0 Å². The maximum atomic E-state index is 5.49. The number of halogens is 1. The lowest BCUT2D eigenvalue weighted by Crippen LogP contribution is -2.30. The molecule has 3 nitrogen and oxygen atoms in total. The van der Waals surface area contributed by atoms with Gasteiger partial charge >= 0.3 is 0 Å². The summed E-state index contributed by atoms with van der Waals surface area (Å²) in [4.78, 5) is 0.764. The molecule has 17 heavy (non-hydrogen) atoms. The van der Waals surface area contributed by atoms with Crippen LogP contribution >= 0.6 is 28.1 Å². The first-order chi connectivity index (χ1) is 8.20. The third kappa shape index (κ3) is 0.820. The smallest absolute Gasteiger partial charge is 0.184 e. The molecule has 5 heteroatoms. The van der Waals surface area contributed by atoms with Crippen LogP contribution in [0.1, 0.15) is 6.42 Å². The molecule has 6 rings (SSSR count). The highest BCUT2D eigenvalue weighted by atomic mass is 79.9. The van der Waals surface area contributed by atoms with Crippen molar-refractivity contribution in [2.45, 2.75) is 11.2 Å². The van der Waals surface area contributed by atoms with Crippen molar-refractivity contribution in [3.8, 4) is 0 Å². The predicted molar refractivity (Wildman–Crippen MR) is 72.6 cm³/mol. The molecule has 6 aliphatic rings. The Labute approximate surface area is 114 Å². The van der Waals surface area contributed by atoms with Gasteiger partial charge in [-0.3, -0.25) is 5.43 Å². The molecule has 9 atom stereocenters. The molecule has 6 saturated carbocycles. The Balaban J connectivity index is 1.62. The third-order valence-electron chi connectivity index (χ3n) is 6.34. The SMILES string of the molecule is NC(=S)NN=C1C2C3C(Br)C4C5CC(C1C53)C24. The van der Waals surface area contributed by atoms with Crippen LogP contribution in [0.25, 0.3) is 0 Å². The Morgan fingerprint density at radius 3 is 2.71 bits per heavy atom. The number of hydrogen-bond donors (Lipinski definition) is 2. The molecule has 0 amide bonds. The van der Waals surface area contributed by atoms with E-state index < -0.39 is 0 Å². The highest BCUT2D eigenvalue weighted by Crippen LogP contribution is 2.82. The Morgan fingerprint density at radius 2 is 2.00 bits per heavy atom. The molecule has 0 radical (unpaired) electrons. The van der Waals surface area contributed by atoms with Crippen LogP contribution in [0.4, 0.5) is 0 Å². The van der Waals surface area contributed by atoms with E-state index in [9.17, 15) is 0 Å². The first-order valence-corrected chi connectivity index (χ1v) is 7.79. The number of thiocarbonyl (C=S) groups is 1. The molecule has 6 aliphatic carbocycles. The first-order valence-electron chi connectivity index (χ1n) is 6.47. The topological polar surface area (TPSA) is 50.4 Å². The minimum atomic E-state index is 0.297. The summed E-state index contributed by atoms with van der Waals surface area (Å²) in [5.41, 5.74) is 9.73. The highest BCUT2D eigenvalue weighted by Gasteiger charge is 2.82. The largest absolute Gasteiger partial charge is 0.375 e. The molecule has 90 valence electrons. The Kier molecular flexibility index (Phi) is 1.55. The zero-order valence-electron chi connectivity index (χ0n) is 9.21. The summed E-state index contributed by atoms with van der Waals surface area (Å²) in [6, 6.07) is 0. The van der Waals surface area contributed by atoms with Crippen molar-refractivity contribution in [2.75, 3.05) is 0 Å².